The van der Waals surface area contributed by atoms with Gasteiger partial charge >= 0.3 is 0 Å². The molecule has 0 radical (unpaired) electrons. The van der Waals surface area contributed by atoms with E-state index >= 15 is 0 Å². The van der Waals surface area contributed by atoms with Crippen LogP contribution in [0.15, 0.2) is 18.2 Å². The van der Waals surface area contributed by atoms with E-state index in [1.54, 1.807) is 12.1 Å². The summed E-state index contributed by atoms with van der Waals surface area (Å²) in [5.74, 6) is 0. The molecule has 0 saturated carbocycles. The van der Waals surface area contributed by atoms with Crippen LogP contribution in [0.4, 0.5) is 5.69 Å². The molecule has 1 aliphatic rings. The van der Waals surface area contributed by atoms with Crippen LogP contribution in [0, 0.1) is 22.7 Å². The lowest BCUT2D eigenvalue weighted by Crippen LogP contribution is -2.46. The Bertz CT molecular complexity index is 507. The first kappa shape index (κ1) is 12.7. The molecule has 2 rings (SSSR count). The SMILES string of the molecule is N#CCN1CCN(c2ccc(C#N)cc2Cl)CC1. The average molecular weight is 261 g/mol. The molecule has 1 heterocycles. The van der Waals surface area contributed by atoms with Gasteiger partial charge in [-0.05, 0) is 18.2 Å². The molecule has 0 unspecified atom stereocenters. The van der Waals surface area contributed by atoms with Crippen LogP contribution in [0.3, 0.4) is 0 Å². The Morgan fingerprint density at radius 3 is 2.44 bits per heavy atom. The van der Waals surface area contributed by atoms with E-state index in [0.717, 1.165) is 31.9 Å². The molecule has 1 aromatic carbocycles. The molecule has 0 atom stereocenters. The summed E-state index contributed by atoms with van der Waals surface area (Å²) in [6, 6.07) is 9.60. The molecule has 1 fully saturated rings. The third-order valence-corrected chi connectivity index (χ3v) is 3.39. The lowest BCUT2D eigenvalue weighted by molar-refractivity contribution is 0.287. The number of anilines is 1. The van der Waals surface area contributed by atoms with Crippen LogP contribution in [0.25, 0.3) is 0 Å². The van der Waals surface area contributed by atoms with E-state index in [0.29, 0.717) is 17.1 Å². The molecule has 4 nitrogen and oxygen atoms in total. The summed E-state index contributed by atoms with van der Waals surface area (Å²) in [5.41, 5.74) is 1.54. The van der Waals surface area contributed by atoms with Crippen LogP contribution < -0.4 is 4.90 Å². The minimum Gasteiger partial charge on any atom is -0.368 e. The largest absolute Gasteiger partial charge is 0.368 e. The highest BCUT2D eigenvalue weighted by Crippen LogP contribution is 2.27. The van der Waals surface area contributed by atoms with Gasteiger partial charge < -0.3 is 4.90 Å². The minimum absolute atomic E-state index is 0.481. The standard InChI is InChI=1S/C13H13ClN4/c14-12-9-11(10-16)1-2-13(12)18-7-5-17(4-3-15)6-8-18/h1-2,9H,4-8H2. The van der Waals surface area contributed by atoms with Gasteiger partial charge in [0.15, 0.2) is 0 Å². The van der Waals surface area contributed by atoms with Crippen LogP contribution >= 0.6 is 11.6 Å². The molecule has 0 aromatic heterocycles. The van der Waals surface area contributed by atoms with Crippen molar-refractivity contribution in [3.05, 3.63) is 28.8 Å². The molecule has 18 heavy (non-hydrogen) atoms. The van der Waals surface area contributed by atoms with Gasteiger partial charge in [-0.1, -0.05) is 11.6 Å². The Morgan fingerprint density at radius 2 is 1.89 bits per heavy atom. The van der Waals surface area contributed by atoms with Crippen molar-refractivity contribution >= 4 is 17.3 Å². The van der Waals surface area contributed by atoms with Crippen LogP contribution in [-0.4, -0.2) is 37.6 Å². The fourth-order valence-electron chi connectivity index (χ4n) is 2.08. The Hall–Kier alpha value is -1.75. The third-order valence-electron chi connectivity index (χ3n) is 3.08. The van der Waals surface area contributed by atoms with Gasteiger partial charge in [0.25, 0.3) is 0 Å². The van der Waals surface area contributed by atoms with Gasteiger partial charge in [-0.3, -0.25) is 4.90 Å². The summed E-state index contributed by atoms with van der Waals surface area (Å²) >= 11 is 6.18. The zero-order valence-electron chi connectivity index (χ0n) is 9.93. The highest BCUT2D eigenvalue weighted by molar-refractivity contribution is 6.33. The molecule has 0 N–H and O–H groups in total. The van der Waals surface area contributed by atoms with Crippen LogP contribution in [-0.2, 0) is 0 Å². The predicted octanol–water partition coefficient (Wildman–Crippen LogP) is 1.86. The molecule has 92 valence electrons. The fraction of sp³-hybridized carbons (Fsp3) is 0.385. The van der Waals surface area contributed by atoms with Crippen LogP contribution in [0.2, 0.25) is 5.02 Å². The third kappa shape index (κ3) is 2.73. The first-order valence-electron chi connectivity index (χ1n) is 5.78. The van der Waals surface area contributed by atoms with E-state index in [1.807, 2.05) is 6.07 Å². The van der Waals surface area contributed by atoms with Gasteiger partial charge in [0.05, 0.1) is 35.0 Å². The number of rotatable bonds is 2. The molecule has 5 heteroatoms. The summed E-state index contributed by atoms with van der Waals surface area (Å²) < 4.78 is 0. The van der Waals surface area contributed by atoms with E-state index in [4.69, 9.17) is 22.1 Å². The highest BCUT2D eigenvalue weighted by atomic mass is 35.5. The van der Waals surface area contributed by atoms with E-state index in [1.165, 1.54) is 0 Å². The monoisotopic (exact) mass is 260 g/mol. The summed E-state index contributed by atoms with van der Waals surface area (Å²) in [5, 5.41) is 18.1. The summed E-state index contributed by atoms with van der Waals surface area (Å²) in [6.07, 6.45) is 0. The number of hydrogen-bond acceptors (Lipinski definition) is 4. The summed E-state index contributed by atoms with van der Waals surface area (Å²) in [6.45, 7) is 3.92. The van der Waals surface area contributed by atoms with Crippen molar-refractivity contribution in [2.45, 2.75) is 0 Å². The van der Waals surface area contributed by atoms with Gasteiger partial charge in [0.2, 0.25) is 0 Å². The second kappa shape index (κ2) is 5.73. The Balaban J connectivity index is 2.06. The first-order chi connectivity index (χ1) is 8.74. The molecule has 0 amide bonds. The summed E-state index contributed by atoms with van der Waals surface area (Å²) in [4.78, 5) is 4.31. The fourth-order valence-corrected chi connectivity index (χ4v) is 2.38. The lowest BCUT2D eigenvalue weighted by Gasteiger charge is -2.35. The van der Waals surface area contributed by atoms with Crippen LogP contribution in [0.1, 0.15) is 5.56 Å². The maximum atomic E-state index is 8.80. The zero-order chi connectivity index (χ0) is 13.0. The van der Waals surface area contributed by atoms with Crippen molar-refractivity contribution in [3.63, 3.8) is 0 Å². The number of nitriles is 2. The summed E-state index contributed by atoms with van der Waals surface area (Å²) in [7, 11) is 0. The maximum Gasteiger partial charge on any atom is 0.0992 e. The average Bonchev–Trinajstić information content (AvgIpc) is 2.40. The zero-order valence-corrected chi connectivity index (χ0v) is 10.7. The predicted molar refractivity (Wildman–Crippen MR) is 70.4 cm³/mol. The number of nitrogens with zero attached hydrogens (tertiary/aromatic N) is 4. The highest BCUT2D eigenvalue weighted by Gasteiger charge is 2.18. The van der Waals surface area contributed by atoms with Crippen molar-refractivity contribution in [2.75, 3.05) is 37.6 Å². The quantitative estimate of drug-likeness (QED) is 0.762. The van der Waals surface area contributed by atoms with Crippen molar-refractivity contribution in [2.24, 2.45) is 0 Å². The molecule has 0 bridgehead atoms. The van der Waals surface area contributed by atoms with Gasteiger partial charge in [0, 0.05) is 26.2 Å². The molecular formula is C13H13ClN4. The van der Waals surface area contributed by atoms with E-state index < -0.39 is 0 Å². The van der Waals surface area contributed by atoms with Gasteiger partial charge in [-0.15, -0.1) is 0 Å². The topological polar surface area (TPSA) is 54.1 Å². The molecule has 1 aliphatic heterocycles. The molecule has 1 aromatic rings. The normalized spacial score (nSPS) is 16.1. The van der Waals surface area contributed by atoms with Crippen molar-refractivity contribution in [1.82, 2.24) is 4.90 Å². The Kier molecular flexibility index (Phi) is 4.04. The number of piperazine rings is 1. The van der Waals surface area contributed by atoms with E-state index in [9.17, 15) is 0 Å². The smallest absolute Gasteiger partial charge is 0.0992 e. The first-order valence-corrected chi connectivity index (χ1v) is 6.16. The number of halogens is 1. The molecule has 1 saturated heterocycles. The number of benzene rings is 1. The second-order valence-electron chi connectivity index (χ2n) is 4.20. The minimum atomic E-state index is 0.481. The van der Waals surface area contributed by atoms with Gasteiger partial charge in [-0.2, -0.15) is 10.5 Å². The molecule has 0 aliphatic carbocycles. The Labute approximate surface area is 112 Å². The van der Waals surface area contributed by atoms with Crippen LogP contribution in [0.5, 0.6) is 0 Å². The van der Waals surface area contributed by atoms with Gasteiger partial charge in [0.1, 0.15) is 0 Å². The maximum absolute atomic E-state index is 8.80. The van der Waals surface area contributed by atoms with Gasteiger partial charge in [-0.25, -0.2) is 0 Å². The second-order valence-corrected chi connectivity index (χ2v) is 4.61. The lowest BCUT2D eigenvalue weighted by atomic mass is 10.2. The van der Waals surface area contributed by atoms with E-state index in [2.05, 4.69) is 21.9 Å². The van der Waals surface area contributed by atoms with E-state index in [-0.39, 0.29) is 0 Å². The molecule has 0 spiro atoms. The van der Waals surface area contributed by atoms with Crippen molar-refractivity contribution in [1.29, 1.82) is 10.5 Å². The van der Waals surface area contributed by atoms with Crippen molar-refractivity contribution < 1.29 is 0 Å². The Morgan fingerprint density at radius 1 is 1.17 bits per heavy atom. The van der Waals surface area contributed by atoms with Crippen molar-refractivity contribution in [3.8, 4) is 12.1 Å². The molecular weight excluding hydrogens is 248 g/mol. The number of hydrogen-bond donors (Lipinski definition) is 0.